The summed E-state index contributed by atoms with van der Waals surface area (Å²) >= 11 is 0. The Morgan fingerprint density at radius 2 is 2.58 bits per heavy atom. The maximum absolute atomic E-state index is 10.7. The minimum Gasteiger partial charge on any atom is -0.481 e. The van der Waals surface area contributed by atoms with Gasteiger partial charge in [-0.05, 0) is 25.5 Å². The molecule has 2 unspecified atom stereocenters. The van der Waals surface area contributed by atoms with E-state index in [1.807, 2.05) is 6.07 Å². The lowest BCUT2D eigenvalue weighted by molar-refractivity contribution is -0.142. The molecule has 3 heteroatoms. The summed E-state index contributed by atoms with van der Waals surface area (Å²) in [5.74, 6) is 0.133. The Kier molecular flexibility index (Phi) is 1.31. The monoisotopic (exact) mass is 166 g/mol. The van der Waals surface area contributed by atoms with Crippen LogP contribution in [0.3, 0.4) is 0 Å². The predicted molar refractivity (Wildman–Crippen MR) is 41.8 cm³/mol. The van der Waals surface area contributed by atoms with Crippen molar-refractivity contribution in [2.45, 2.75) is 19.3 Å². The number of aliphatic carboxylic acids is 1. The van der Waals surface area contributed by atoms with Gasteiger partial charge in [-0.1, -0.05) is 0 Å². The number of hydrogen-bond donors (Lipinski definition) is 1. The minimum absolute atomic E-state index is 0.0741. The molecule has 1 fully saturated rings. The number of carboxylic acids is 1. The summed E-state index contributed by atoms with van der Waals surface area (Å²) < 4.78 is 5.14. The predicted octanol–water partition coefficient (Wildman–Crippen LogP) is 1.86. The first-order valence-electron chi connectivity index (χ1n) is 3.91. The summed E-state index contributed by atoms with van der Waals surface area (Å²) in [7, 11) is 0. The fourth-order valence-electron chi connectivity index (χ4n) is 1.51. The number of hydrogen-bond acceptors (Lipinski definition) is 2. The highest BCUT2D eigenvalue weighted by Crippen LogP contribution is 2.59. The van der Waals surface area contributed by atoms with Crippen molar-refractivity contribution in [2.24, 2.45) is 5.41 Å². The van der Waals surface area contributed by atoms with Crippen molar-refractivity contribution in [3.63, 3.8) is 0 Å². The van der Waals surface area contributed by atoms with Crippen molar-refractivity contribution in [1.82, 2.24) is 0 Å². The summed E-state index contributed by atoms with van der Waals surface area (Å²) in [5, 5.41) is 8.84. The zero-order valence-corrected chi connectivity index (χ0v) is 6.78. The topological polar surface area (TPSA) is 50.4 Å². The molecule has 64 valence electrons. The second-order valence-corrected chi connectivity index (χ2v) is 3.49. The van der Waals surface area contributed by atoms with Gasteiger partial charge in [0.25, 0.3) is 0 Å². The van der Waals surface area contributed by atoms with Crippen LogP contribution in [-0.2, 0) is 4.79 Å². The molecule has 0 saturated heterocycles. The second-order valence-electron chi connectivity index (χ2n) is 3.49. The van der Waals surface area contributed by atoms with Gasteiger partial charge in [0.1, 0.15) is 5.76 Å². The SMILES string of the molecule is CC1(C(=O)O)CC1c1ccco1. The molecular weight excluding hydrogens is 156 g/mol. The maximum Gasteiger partial charge on any atom is 0.310 e. The van der Waals surface area contributed by atoms with E-state index in [0.717, 1.165) is 5.76 Å². The van der Waals surface area contributed by atoms with Crippen molar-refractivity contribution < 1.29 is 14.3 Å². The molecule has 0 bridgehead atoms. The number of furan rings is 1. The van der Waals surface area contributed by atoms with Crippen LogP contribution in [-0.4, -0.2) is 11.1 Å². The largest absolute Gasteiger partial charge is 0.481 e. The molecule has 2 rings (SSSR count). The average Bonchev–Trinajstić information content (AvgIpc) is 2.49. The Morgan fingerprint density at radius 3 is 3.00 bits per heavy atom. The fraction of sp³-hybridized carbons (Fsp3) is 0.444. The van der Waals surface area contributed by atoms with E-state index in [0.29, 0.717) is 6.42 Å². The lowest BCUT2D eigenvalue weighted by atomic mass is 10.1. The minimum atomic E-state index is -0.732. The van der Waals surface area contributed by atoms with E-state index in [1.165, 1.54) is 0 Å². The molecule has 1 aliphatic carbocycles. The molecule has 1 aromatic rings. The van der Waals surface area contributed by atoms with Crippen LogP contribution in [0.2, 0.25) is 0 Å². The molecule has 12 heavy (non-hydrogen) atoms. The molecule has 1 aliphatic rings. The molecule has 0 aliphatic heterocycles. The van der Waals surface area contributed by atoms with Crippen LogP contribution in [0.5, 0.6) is 0 Å². The van der Waals surface area contributed by atoms with Gasteiger partial charge in [-0.15, -0.1) is 0 Å². The quantitative estimate of drug-likeness (QED) is 0.729. The first kappa shape index (κ1) is 7.40. The third kappa shape index (κ3) is 0.858. The Morgan fingerprint density at radius 1 is 1.83 bits per heavy atom. The summed E-state index contributed by atoms with van der Waals surface area (Å²) in [5.41, 5.74) is -0.585. The van der Waals surface area contributed by atoms with Gasteiger partial charge in [0.15, 0.2) is 0 Å². The summed E-state index contributed by atoms with van der Waals surface area (Å²) in [6.45, 7) is 1.75. The van der Waals surface area contributed by atoms with Crippen molar-refractivity contribution in [1.29, 1.82) is 0 Å². The van der Waals surface area contributed by atoms with Crippen LogP contribution in [0.25, 0.3) is 0 Å². The van der Waals surface area contributed by atoms with Crippen LogP contribution >= 0.6 is 0 Å². The van der Waals surface area contributed by atoms with E-state index in [4.69, 9.17) is 9.52 Å². The number of rotatable bonds is 2. The van der Waals surface area contributed by atoms with E-state index in [9.17, 15) is 4.79 Å². The van der Waals surface area contributed by atoms with Crippen LogP contribution in [0, 0.1) is 5.41 Å². The summed E-state index contributed by atoms with van der Waals surface area (Å²) in [4.78, 5) is 10.7. The first-order chi connectivity index (χ1) is 5.64. The zero-order valence-electron chi connectivity index (χ0n) is 6.78. The summed E-state index contributed by atoms with van der Waals surface area (Å²) in [6, 6.07) is 3.62. The number of carboxylic acid groups (broad SMARTS) is 1. The molecule has 0 amide bonds. The fourth-order valence-corrected chi connectivity index (χ4v) is 1.51. The maximum atomic E-state index is 10.7. The molecular formula is C9H10O3. The molecule has 0 aromatic carbocycles. The van der Waals surface area contributed by atoms with Crippen molar-refractivity contribution in [3.05, 3.63) is 24.2 Å². The van der Waals surface area contributed by atoms with Gasteiger partial charge in [0, 0.05) is 5.92 Å². The summed E-state index contributed by atoms with van der Waals surface area (Å²) in [6.07, 6.45) is 2.27. The molecule has 3 nitrogen and oxygen atoms in total. The Hall–Kier alpha value is -1.25. The standard InChI is InChI=1S/C9H10O3/c1-9(8(10)11)5-6(9)7-3-2-4-12-7/h2-4,6H,5H2,1H3,(H,10,11). The van der Waals surface area contributed by atoms with Gasteiger partial charge >= 0.3 is 5.97 Å². The van der Waals surface area contributed by atoms with Crippen LogP contribution in [0.1, 0.15) is 25.0 Å². The molecule has 1 aromatic heterocycles. The Labute approximate surface area is 70.0 Å². The van der Waals surface area contributed by atoms with E-state index in [-0.39, 0.29) is 5.92 Å². The van der Waals surface area contributed by atoms with Gasteiger partial charge in [-0.2, -0.15) is 0 Å². The van der Waals surface area contributed by atoms with Crippen molar-refractivity contribution in [3.8, 4) is 0 Å². The zero-order chi connectivity index (χ0) is 8.77. The van der Waals surface area contributed by atoms with Crippen molar-refractivity contribution >= 4 is 5.97 Å². The number of carbonyl (C=O) groups is 1. The normalized spacial score (nSPS) is 33.2. The van der Waals surface area contributed by atoms with Gasteiger partial charge in [0.2, 0.25) is 0 Å². The second kappa shape index (κ2) is 2.12. The smallest absolute Gasteiger partial charge is 0.310 e. The lowest BCUT2D eigenvalue weighted by Gasteiger charge is -2.01. The Bertz CT molecular complexity index is 302. The Balaban J connectivity index is 2.19. The highest BCUT2D eigenvalue weighted by molar-refractivity contribution is 5.79. The molecule has 2 atom stereocenters. The third-order valence-corrected chi connectivity index (χ3v) is 2.61. The van der Waals surface area contributed by atoms with Gasteiger partial charge < -0.3 is 9.52 Å². The van der Waals surface area contributed by atoms with Gasteiger partial charge in [-0.25, -0.2) is 0 Å². The third-order valence-electron chi connectivity index (χ3n) is 2.61. The van der Waals surface area contributed by atoms with E-state index >= 15 is 0 Å². The van der Waals surface area contributed by atoms with E-state index in [1.54, 1.807) is 19.3 Å². The molecule has 1 saturated carbocycles. The molecule has 1 heterocycles. The first-order valence-corrected chi connectivity index (χ1v) is 3.91. The molecule has 1 N–H and O–H groups in total. The van der Waals surface area contributed by atoms with Gasteiger partial charge in [0.05, 0.1) is 11.7 Å². The molecule has 0 spiro atoms. The van der Waals surface area contributed by atoms with Gasteiger partial charge in [-0.3, -0.25) is 4.79 Å². The van der Waals surface area contributed by atoms with Crippen LogP contribution in [0.4, 0.5) is 0 Å². The lowest BCUT2D eigenvalue weighted by Crippen LogP contribution is -2.12. The average molecular weight is 166 g/mol. The van der Waals surface area contributed by atoms with E-state index < -0.39 is 11.4 Å². The van der Waals surface area contributed by atoms with Crippen LogP contribution in [0.15, 0.2) is 22.8 Å². The highest BCUT2D eigenvalue weighted by atomic mass is 16.4. The molecule has 0 radical (unpaired) electrons. The van der Waals surface area contributed by atoms with Crippen molar-refractivity contribution in [2.75, 3.05) is 0 Å². The highest BCUT2D eigenvalue weighted by Gasteiger charge is 2.58. The van der Waals surface area contributed by atoms with Crippen LogP contribution < -0.4 is 0 Å². The van der Waals surface area contributed by atoms with E-state index in [2.05, 4.69) is 0 Å².